The van der Waals surface area contributed by atoms with Crippen LogP contribution < -0.4 is 0 Å². The normalized spacial score (nSPS) is 10.5. The van der Waals surface area contributed by atoms with Gasteiger partial charge in [-0.25, -0.2) is 0 Å². The third-order valence-corrected chi connectivity index (χ3v) is 5.84. The van der Waals surface area contributed by atoms with E-state index in [2.05, 4.69) is 60.1 Å². The van der Waals surface area contributed by atoms with Crippen molar-refractivity contribution in [2.75, 3.05) is 0 Å². The van der Waals surface area contributed by atoms with E-state index in [4.69, 9.17) is 0 Å². The number of rotatable bonds is 2. The number of halogens is 2. The van der Waals surface area contributed by atoms with Gasteiger partial charge in [-0.05, 0) is 75.5 Å². The number of pyridine rings is 3. The molecule has 0 aromatic carbocycles. The van der Waals surface area contributed by atoms with E-state index in [9.17, 15) is 0 Å². The standard InChI is InChI=1S/C15H9I2N3/c16-11-6-9-20-15(13(11)17)10-4-3-8-19-14(10)12-5-1-2-7-18-12/h1-9H. The van der Waals surface area contributed by atoms with E-state index in [0.717, 1.165) is 26.2 Å². The molecular formula is C15H9I2N3. The van der Waals surface area contributed by atoms with Crippen LogP contribution >= 0.6 is 45.2 Å². The summed E-state index contributed by atoms with van der Waals surface area (Å²) in [5.41, 5.74) is 3.68. The zero-order valence-corrected chi connectivity index (χ0v) is 14.6. The van der Waals surface area contributed by atoms with E-state index in [1.165, 1.54) is 3.57 Å². The van der Waals surface area contributed by atoms with Crippen LogP contribution in [-0.2, 0) is 0 Å². The lowest BCUT2D eigenvalue weighted by molar-refractivity contribution is 1.22. The molecule has 0 saturated heterocycles. The lowest BCUT2D eigenvalue weighted by Crippen LogP contribution is -1.96. The molecule has 3 heterocycles. The Kier molecular flexibility index (Phi) is 4.25. The van der Waals surface area contributed by atoms with Crippen LogP contribution in [0.4, 0.5) is 0 Å². The highest BCUT2D eigenvalue weighted by Gasteiger charge is 2.14. The monoisotopic (exact) mass is 485 g/mol. The van der Waals surface area contributed by atoms with Gasteiger partial charge in [-0.1, -0.05) is 6.07 Å². The first-order valence-electron chi connectivity index (χ1n) is 5.94. The summed E-state index contributed by atoms with van der Waals surface area (Å²) >= 11 is 4.65. The second-order valence-electron chi connectivity index (χ2n) is 4.07. The highest BCUT2D eigenvalue weighted by atomic mass is 127. The molecule has 5 heteroatoms. The van der Waals surface area contributed by atoms with Gasteiger partial charge in [0, 0.05) is 27.7 Å². The Bertz CT molecular complexity index is 745. The minimum Gasteiger partial charge on any atom is -0.255 e. The third-order valence-electron chi connectivity index (χ3n) is 2.81. The first-order chi connectivity index (χ1) is 9.77. The van der Waals surface area contributed by atoms with Crippen LogP contribution in [0.25, 0.3) is 22.6 Å². The van der Waals surface area contributed by atoms with Gasteiger partial charge >= 0.3 is 0 Å². The van der Waals surface area contributed by atoms with Gasteiger partial charge in [0.25, 0.3) is 0 Å². The van der Waals surface area contributed by atoms with Crippen LogP contribution in [0.2, 0.25) is 0 Å². The molecule has 3 nitrogen and oxygen atoms in total. The van der Waals surface area contributed by atoms with E-state index >= 15 is 0 Å². The number of aromatic nitrogens is 3. The van der Waals surface area contributed by atoms with Crippen LogP contribution in [0, 0.1) is 7.14 Å². The molecule has 98 valence electrons. The Morgan fingerprint density at radius 2 is 1.50 bits per heavy atom. The van der Waals surface area contributed by atoms with Gasteiger partial charge in [0.1, 0.15) is 0 Å². The van der Waals surface area contributed by atoms with E-state index in [1.54, 1.807) is 12.4 Å². The third kappa shape index (κ3) is 2.69. The Labute approximate surface area is 144 Å². The topological polar surface area (TPSA) is 38.7 Å². The molecule has 0 atom stereocenters. The fraction of sp³-hybridized carbons (Fsp3) is 0. The van der Waals surface area contributed by atoms with Crippen LogP contribution in [0.15, 0.2) is 55.0 Å². The van der Waals surface area contributed by atoms with Crippen LogP contribution in [0.1, 0.15) is 0 Å². The zero-order chi connectivity index (χ0) is 13.9. The molecule has 0 unspecified atom stereocenters. The van der Waals surface area contributed by atoms with Gasteiger partial charge in [-0.2, -0.15) is 0 Å². The molecule has 0 radical (unpaired) electrons. The number of hydrogen-bond donors (Lipinski definition) is 0. The van der Waals surface area contributed by atoms with Crippen LogP contribution in [-0.4, -0.2) is 15.0 Å². The minimum atomic E-state index is 0.861. The van der Waals surface area contributed by atoms with Crippen molar-refractivity contribution in [1.82, 2.24) is 15.0 Å². The summed E-state index contributed by atoms with van der Waals surface area (Å²) in [6, 6.07) is 11.8. The molecule has 0 aliphatic carbocycles. The SMILES string of the molecule is Ic1ccnc(-c2cccnc2-c2ccccn2)c1I. The average Bonchev–Trinajstić information content (AvgIpc) is 2.51. The molecular weight excluding hydrogens is 476 g/mol. The summed E-state index contributed by atoms with van der Waals surface area (Å²) in [4.78, 5) is 13.4. The molecule has 20 heavy (non-hydrogen) atoms. The van der Waals surface area contributed by atoms with Crippen molar-refractivity contribution in [3.05, 3.63) is 62.1 Å². The largest absolute Gasteiger partial charge is 0.255 e. The van der Waals surface area contributed by atoms with Crippen molar-refractivity contribution in [2.45, 2.75) is 0 Å². The Morgan fingerprint density at radius 3 is 2.30 bits per heavy atom. The van der Waals surface area contributed by atoms with Crippen molar-refractivity contribution < 1.29 is 0 Å². The average molecular weight is 485 g/mol. The summed E-state index contributed by atoms with van der Waals surface area (Å²) in [6.07, 6.45) is 5.39. The lowest BCUT2D eigenvalue weighted by Gasteiger charge is -2.09. The second kappa shape index (κ2) is 6.13. The predicted octanol–water partition coefficient (Wildman–Crippen LogP) is 4.41. The number of nitrogens with zero attached hydrogens (tertiary/aromatic N) is 3. The van der Waals surface area contributed by atoms with Crippen molar-refractivity contribution in [2.24, 2.45) is 0 Å². The maximum atomic E-state index is 4.52. The summed E-state index contributed by atoms with van der Waals surface area (Å²) in [7, 11) is 0. The van der Waals surface area contributed by atoms with E-state index in [-0.39, 0.29) is 0 Å². The molecule has 3 rings (SSSR count). The van der Waals surface area contributed by atoms with Gasteiger partial charge < -0.3 is 0 Å². The summed E-state index contributed by atoms with van der Waals surface area (Å²) in [5, 5.41) is 0. The van der Waals surface area contributed by atoms with Crippen molar-refractivity contribution in [1.29, 1.82) is 0 Å². The minimum absolute atomic E-state index is 0.861. The smallest absolute Gasteiger partial charge is 0.0980 e. The molecule has 0 aliphatic rings. The first kappa shape index (κ1) is 13.9. The summed E-state index contributed by atoms with van der Waals surface area (Å²) < 4.78 is 2.32. The number of hydrogen-bond acceptors (Lipinski definition) is 3. The van der Waals surface area contributed by atoms with E-state index in [1.807, 2.05) is 42.6 Å². The Morgan fingerprint density at radius 1 is 0.700 bits per heavy atom. The Hall–Kier alpha value is -1.09. The highest BCUT2D eigenvalue weighted by Crippen LogP contribution is 2.32. The molecule has 3 aromatic heterocycles. The lowest BCUT2D eigenvalue weighted by atomic mass is 10.1. The molecule has 0 bridgehead atoms. The first-order valence-corrected chi connectivity index (χ1v) is 8.10. The highest BCUT2D eigenvalue weighted by molar-refractivity contribution is 14.1. The Balaban J connectivity index is 2.23. The molecule has 0 saturated carbocycles. The zero-order valence-electron chi connectivity index (χ0n) is 10.3. The van der Waals surface area contributed by atoms with Gasteiger partial charge in [-0.15, -0.1) is 0 Å². The van der Waals surface area contributed by atoms with Gasteiger partial charge in [0.15, 0.2) is 0 Å². The van der Waals surface area contributed by atoms with E-state index in [0.29, 0.717) is 0 Å². The van der Waals surface area contributed by atoms with Crippen LogP contribution in [0.3, 0.4) is 0 Å². The van der Waals surface area contributed by atoms with Gasteiger partial charge in [0.2, 0.25) is 0 Å². The molecule has 0 N–H and O–H groups in total. The predicted molar refractivity (Wildman–Crippen MR) is 96.1 cm³/mol. The molecule has 3 aromatic rings. The van der Waals surface area contributed by atoms with Gasteiger partial charge in [-0.3, -0.25) is 15.0 Å². The van der Waals surface area contributed by atoms with Crippen molar-refractivity contribution in [3.8, 4) is 22.6 Å². The molecule has 0 amide bonds. The van der Waals surface area contributed by atoms with E-state index < -0.39 is 0 Å². The van der Waals surface area contributed by atoms with Crippen LogP contribution in [0.5, 0.6) is 0 Å². The fourth-order valence-electron chi connectivity index (χ4n) is 1.91. The maximum Gasteiger partial charge on any atom is 0.0980 e. The summed E-state index contributed by atoms with van der Waals surface area (Å²) in [6.45, 7) is 0. The molecule has 0 fully saturated rings. The molecule has 0 spiro atoms. The maximum absolute atomic E-state index is 4.52. The van der Waals surface area contributed by atoms with Crippen molar-refractivity contribution >= 4 is 45.2 Å². The van der Waals surface area contributed by atoms with Crippen molar-refractivity contribution in [3.63, 3.8) is 0 Å². The fourth-order valence-corrected chi connectivity index (χ4v) is 2.94. The summed E-state index contributed by atoms with van der Waals surface area (Å²) in [5.74, 6) is 0. The van der Waals surface area contributed by atoms with Gasteiger partial charge in [0.05, 0.1) is 20.7 Å². The second-order valence-corrected chi connectivity index (χ2v) is 6.31. The molecule has 0 aliphatic heterocycles. The quantitative estimate of drug-likeness (QED) is 0.505.